The third-order valence-electron chi connectivity index (χ3n) is 6.25. The van der Waals surface area contributed by atoms with E-state index in [9.17, 15) is 14.7 Å². The lowest BCUT2D eigenvalue weighted by molar-refractivity contribution is -0.132. The Hall–Kier alpha value is -4.37. The molecule has 1 atom stereocenters. The van der Waals surface area contributed by atoms with Crippen LogP contribution in [0.5, 0.6) is 17.2 Å². The minimum absolute atomic E-state index is 0.0831. The smallest absolute Gasteiger partial charge is 0.301 e. The van der Waals surface area contributed by atoms with E-state index in [1.165, 1.54) is 37.6 Å². The van der Waals surface area contributed by atoms with Gasteiger partial charge in [0.2, 0.25) is 0 Å². The van der Waals surface area contributed by atoms with Crippen LogP contribution in [0.15, 0.2) is 66.2 Å². The van der Waals surface area contributed by atoms with Crippen LogP contribution in [-0.4, -0.2) is 43.1 Å². The zero-order chi connectivity index (χ0) is 26.3. The number of hydrogen-bond acceptors (Lipinski definition) is 8. The van der Waals surface area contributed by atoms with Gasteiger partial charge in [-0.2, -0.15) is 0 Å². The second-order valence-electron chi connectivity index (χ2n) is 8.45. The van der Waals surface area contributed by atoms with Gasteiger partial charge >= 0.3 is 5.91 Å². The number of thiazole rings is 1. The summed E-state index contributed by atoms with van der Waals surface area (Å²) in [5, 5.41) is 11.8. The standard InChI is InChI=1S/C28H24N2O6S/c1-15-11-12-19-21(13-15)37-28(29-19)30-23(18-9-6-10-20(35-3)26(18)36-4)22(25(32)27(30)33)24(31)16-7-5-8-17(14-16)34-2/h5-14,23,31H,1-4H3. The molecule has 1 fully saturated rings. The van der Waals surface area contributed by atoms with Gasteiger partial charge in [-0.3, -0.25) is 14.5 Å². The summed E-state index contributed by atoms with van der Waals surface area (Å²) in [7, 11) is 4.49. The summed E-state index contributed by atoms with van der Waals surface area (Å²) in [5.41, 5.74) is 2.48. The van der Waals surface area contributed by atoms with Crippen molar-refractivity contribution in [3.63, 3.8) is 0 Å². The maximum Gasteiger partial charge on any atom is 0.301 e. The number of Topliss-reactive ketones (excluding diaryl/α,β-unsaturated/α-hetero) is 1. The maximum atomic E-state index is 13.6. The minimum atomic E-state index is -1.02. The van der Waals surface area contributed by atoms with E-state index in [2.05, 4.69) is 4.98 Å². The summed E-state index contributed by atoms with van der Waals surface area (Å²) < 4.78 is 17.3. The Labute approximate surface area is 217 Å². The lowest BCUT2D eigenvalue weighted by Crippen LogP contribution is -2.29. The van der Waals surface area contributed by atoms with Crippen LogP contribution in [0.4, 0.5) is 5.13 Å². The molecule has 3 aromatic carbocycles. The van der Waals surface area contributed by atoms with Gasteiger partial charge in [0.15, 0.2) is 16.6 Å². The molecule has 1 aromatic heterocycles. The number of rotatable bonds is 6. The van der Waals surface area contributed by atoms with E-state index in [4.69, 9.17) is 14.2 Å². The van der Waals surface area contributed by atoms with Crippen LogP contribution in [0.1, 0.15) is 22.7 Å². The first-order valence-corrected chi connectivity index (χ1v) is 12.2. The van der Waals surface area contributed by atoms with E-state index < -0.39 is 17.7 Å². The molecule has 9 heteroatoms. The van der Waals surface area contributed by atoms with Crippen molar-refractivity contribution in [1.29, 1.82) is 0 Å². The molecular weight excluding hydrogens is 492 g/mol. The second kappa shape index (κ2) is 9.59. The van der Waals surface area contributed by atoms with Crippen molar-refractivity contribution in [2.75, 3.05) is 26.2 Å². The van der Waals surface area contributed by atoms with Gasteiger partial charge in [-0.25, -0.2) is 4.98 Å². The van der Waals surface area contributed by atoms with E-state index in [1.54, 1.807) is 42.5 Å². The second-order valence-corrected chi connectivity index (χ2v) is 9.46. The largest absolute Gasteiger partial charge is 0.507 e. The van der Waals surface area contributed by atoms with Gasteiger partial charge in [0.05, 0.1) is 37.1 Å². The van der Waals surface area contributed by atoms with Crippen molar-refractivity contribution in [2.45, 2.75) is 13.0 Å². The quantitative estimate of drug-likeness (QED) is 0.212. The van der Waals surface area contributed by atoms with Gasteiger partial charge in [-0.15, -0.1) is 0 Å². The number of fused-ring (bicyclic) bond motifs is 1. The SMILES string of the molecule is COc1cccc(C(O)=C2C(=O)C(=O)N(c3nc4ccc(C)cc4s3)C2c2cccc(OC)c2OC)c1. The highest BCUT2D eigenvalue weighted by atomic mass is 32.1. The van der Waals surface area contributed by atoms with Crippen LogP contribution in [0.25, 0.3) is 16.0 Å². The van der Waals surface area contributed by atoms with E-state index >= 15 is 0 Å². The summed E-state index contributed by atoms with van der Waals surface area (Å²) in [6.07, 6.45) is 0. The van der Waals surface area contributed by atoms with Gasteiger partial charge in [-0.05, 0) is 42.8 Å². The molecule has 0 saturated carbocycles. The number of para-hydroxylation sites is 1. The number of hydrogen-bond donors (Lipinski definition) is 1. The summed E-state index contributed by atoms with van der Waals surface area (Å²) in [6, 6.07) is 16.6. The number of methoxy groups -OCH3 is 3. The highest BCUT2D eigenvalue weighted by molar-refractivity contribution is 7.22. The van der Waals surface area contributed by atoms with Crippen molar-refractivity contribution in [3.05, 3.63) is 82.9 Å². The summed E-state index contributed by atoms with van der Waals surface area (Å²) in [5.74, 6) is -0.690. The van der Waals surface area contributed by atoms with Crippen molar-refractivity contribution in [2.24, 2.45) is 0 Å². The monoisotopic (exact) mass is 516 g/mol. The van der Waals surface area contributed by atoms with E-state index in [0.29, 0.717) is 39.0 Å². The van der Waals surface area contributed by atoms with Gasteiger partial charge in [0, 0.05) is 11.1 Å². The van der Waals surface area contributed by atoms with Crippen LogP contribution >= 0.6 is 11.3 Å². The Balaban J connectivity index is 1.79. The third kappa shape index (κ3) is 4.07. The van der Waals surface area contributed by atoms with Crippen molar-refractivity contribution >= 4 is 44.1 Å². The molecule has 0 aliphatic carbocycles. The number of nitrogens with zero attached hydrogens (tertiary/aromatic N) is 2. The van der Waals surface area contributed by atoms with Crippen molar-refractivity contribution in [1.82, 2.24) is 4.98 Å². The van der Waals surface area contributed by atoms with Gasteiger partial charge in [-0.1, -0.05) is 41.7 Å². The molecule has 188 valence electrons. The first-order chi connectivity index (χ1) is 17.9. The number of aliphatic hydroxyl groups excluding tert-OH is 1. The summed E-state index contributed by atoms with van der Waals surface area (Å²) in [4.78, 5) is 33.1. The molecule has 2 heterocycles. The molecule has 0 bridgehead atoms. The fraction of sp³-hybridized carbons (Fsp3) is 0.179. The number of aliphatic hydroxyl groups is 1. The number of ether oxygens (including phenoxy) is 3. The van der Waals surface area contributed by atoms with Crippen molar-refractivity contribution in [3.8, 4) is 17.2 Å². The molecule has 1 aliphatic rings. The highest BCUT2D eigenvalue weighted by Crippen LogP contribution is 2.48. The predicted octanol–water partition coefficient (Wildman–Crippen LogP) is 5.26. The predicted molar refractivity (Wildman–Crippen MR) is 142 cm³/mol. The minimum Gasteiger partial charge on any atom is -0.507 e. The molecule has 1 N–H and O–H groups in total. The number of ketones is 1. The number of aryl methyl sites for hydroxylation is 1. The summed E-state index contributed by atoms with van der Waals surface area (Å²) >= 11 is 1.30. The zero-order valence-corrected chi connectivity index (χ0v) is 21.5. The highest BCUT2D eigenvalue weighted by Gasteiger charge is 2.49. The van der Waals surface area contributed by atoms with Gasteiger partial charge in [0.25, 0.3) is 5.78 Å². The fourth-order valence-electron chi connectivity index (χ4n) is 4.50. The van der Waals surface area contributed by atoms with E-state index in [0.717, 1.165) is 10.3 Å². The Morgan fingerprint density at radius 1 is 0.973 bits per heavy atom. The third-order valence-corrected chi connectivity index (χ3v) is 7.27. The molecular formula is C28H24N2O6S. The molecule has 1 aliphatic heterocycles. The maximum absolute atomic E-state index is 13.6. The first-order valence-electron chi connectivity index (χ1n) is 11.4. The number of carbonyl (C=O) groups is 2. The first kappa shape index (κ1) is 24.3. The average Bonchev–Trinajstić information content (AvgIpc) is 3.45. The van der Waals surface area contributed by atoms with Crippen LogP contribution < -0.4 is 19.1 Å². The fourth-order valence-corrected chi connectivity index (χ4v) is 5.59. The summed E-state index contributed by atoms with van der Waals surface area (Å²) in [6.45, 7) is 1.97. The molecule has 8 nitrogen and oxygen atoms in total. The molecule has 37 heavy (non-hydrogen) atoms. The van der Waals surface area contributed by atoms with Crippen LogP contribution in [0.2, 0.25) is 0 Å². The van der Waals surface area contributed by atoms with E-state index in [1.807, 2.05) is 25.1 Å². The number of carbonyl (C=O) groups excluding carboxylic acids is 2. The molecule has 0 radical (unpaired) electrons. The van der Waals surface area contributed by atoms with Crippen LogP contribution in [-0.2, 0) is 9.59 Å². The van der Waals surface area contributed by atoms with Gasteiger partial charge in [0.1, 0.15) is 17.6 Å². The molecule has 4 aromatic rings. The lowest BCUT2D eigenvalue weighted by Gasteiger charge is -2.25. The number of amides is 1. The Bertz CT molecular complexity index is 1570. The number of aromatic nitrogens is 1. The van der Waals surface area contributed by atoms with Gasteiger partial charge < -0.3 is 19.3 Å². The molecule has 5 rings (SSSR count). The van der Waals surface area contributed by atoms with Crippen LogP contribution in [0.3, 0.4) is 0 Å². The van der Waals surface area contributed by atoms with Crippen molar-refractivity contribution < 1.29 is 28.9 Å². The Morgan fingerprint density at radius 3 is 2.49 bits per heavy atom. The zero-order valence-electron chi connectivity index (χ0n) is 20.6. The topological polar surface area (TPSA) is 98.2 Å². The Kier molecular flexibility index (Phi) is 6.31. The molecule has 1 amide bonds. The molecule has 1 unspecified atom stereocenters. The normalized spacial score (nSPS) is 16.9. The van der Waals surface area contributed by atoms with Crippen LogP contribution in [0, 0.1) is 6.92 Å². The molecule has 0 spiro atoms. The average molecular weight is 517 g/mol. The Morgan fingerprint density at radius 2 is 1.76 bits per heavy atom. The number of benzene rings is 3. The van der Waals surface area contributed by atoms with E-state index in [-0.39, 0.29) is 11.3 Å². The lowest BCUT2D eigenvalue weighted by atomic mass is 9.94. The molecule has 1 saturated heterocycles. The number of anilines is 1.